The fourth-order valence-electron chi connectivity index (χ4n) is 1.29. The summed E-state index contributed by atoms with van der Waals surface area (Å²) in [6, 6.07) is 2.05. The Hall–Kier alpha value is -1.56. The summed E-state index contributed by atoms with van der Waals surface area (Å²) in [4.78, 5) is 15.5. The van der Waals surface area contributed by atoms with Crippen molar-refractivity contribution in [3.8, 4) is 0 Å². The summed E-state index contributed by atoms with van der Waals surface area (Å²) >= 11 is 1.66. The number of hydrogen-bond acceptors (Lipinski definition) is 3. The molecule has 0 saturated heterocycles. The van der Waals surface area contributed by atoms with Gasteiger partial charge in [0, 0.05) is 20.1 Å². The summed E-state index contributed by atoms with van der Waals surface area (Å²) in [5.41, 5.74) is 1.21. The summed E-state index contributed by atoms with van der Waals surface area (Å²) in [6.07, 6.45) is 0.941. The highest BCUT2D eigenvalue weighted by molar-refractivity contribution is 7.07. The summed E-state index contributed by atoms with van der Waals surface area (Å²) in [5, 5.41) is 13.0. The van der Waals surface area contributed by atoms with Crippen LogP contribution in [0.3, 0.4) is 0 Å². The first-order valence-electron chi connectivity index (χ1n) is 5.98. The van der Waals surface area contributed by atoms with Crippen molar-refractivity contribution in [1.82, 2.24) is 16.0 Å². The number of carbonyl (C=O) groups excluding carboxylic acids is 1. The van der Waals surface area contributed by atoms with Crippen molar-refractivity contribution in [3.05, 3.63) is 22.4 Å². The van der Waals surface area contributed by atoms with E-state index in [1.165, 1.54) is 5.56 Å². The number of rotatable bonds is 6. The Balaban J connectivity index is 2.23. The SMILES string of the molecule is CCCNC(=O)CNC(=NC)NCc1ccsc1. The van der Waals surface area contributed by atoms with E-state index in [4.69, 9.17) is 0 Å². The highest BCUT2D eigenvalue weighted by atomic mass is 32.1. The van der Waals surface area contributed by atoms with Crippen LogP contribution in [0.5, 0.6) is 0 Å². The Morgan fingerprint density at radius 1 is 1.39 bits per heavy atom. The van der Waals surface area contributed by atoms with E-state index in [1.807, 2.05) is 12.3 Å². The van der Waals surface area contributed by atoms with Gasteiger partial charge in [-0.25, -0.2) is 0 Å². The van der Waals surface area contributed by atoms with Gasteiger partial charge in [-0.2, -0.15) is 11.3 Å². The van der Waals surface area contributed by atoms with Crippen LogP contribution in [-0.4, -0.2) is 32.0 Å². The van der Waals surface area contributed by atoms with Crippen molar-refractivity contribution in [1.29, 1.82) is 0 Å². The maximum Gasteiger partial charge on any atom is 0.239 e. The lowest BCUT2D eigenvalue weighted by molar-refractivity contribution is -0.120. The molecule has 0 bridgehead atoms. The zero-order chi connectivity index (χ0) is 13.2. The maximum absolute atomic E-state index is 11.4. The fourth-order valence-corrected chi connectivity index (χ4v) is 1.96. The van der Waals surface area contributed by atoms with Gasteiger partial charge in [-0.1, -0.05) is 6.92 Å². The average Bonchev–Trinajstić information content (AvgIpc) is 2.89. The minimum atomic E-state index is -0.0182. The lowest BCUT2D eigenvalue weighted by Crippen LogP contribution is -2.42. The van der Waals surface area contributed by atoms with Gasteiger partial charge in [0.2, 0.25) is 5.91 Å². The number of amides is 1. The van der Waals surface area contributed by atoms with Crippen molar-refractivity contribution in [2.24, 2.45) is 4.99 Å². The first-order chi connectivity index (χ1) is 8.76. The Kier molecular flexibility index (Phi) is 6.86. The first kappa shape index (κ1) is 14.5. The topological polar surface area (TPSA) is 65.5 Å². The molecule has 100 valence electrons. The molecule has 0 saturated carbocycles. The highest BCUT2D eigenvalue weighted by Crippen LogP contribution is 2.04. The summed E-state index contributed by atoms with van der Waals surface area (Å²) in [6.45, 7) is 3.68. The number of hydrogen-bond donors (Lipinski definition) is 3. The standard InChI is InChI=1S/C12H20N4OS/c1-3-5-14-11(17)8-16-12(13-2)15-7-10-4-6-18-9-10/h4,6,9H,3,5,7-8H2,1-2H3,(H,14,17)(H2,13,15,16). The summed E-state index contributed by atoms with van der Waals surface area (Å²) in [7, 11) is 1.69. The second-order valence-corrected chi connectivity index (χ2v) is 4.54. The minimum Gasteiger partial charge on any atom is -0.355 e. The zero-order valence-corrected chi connectivity index (χ0v) is 11.6. The molecule has 18 heavy (non-hydrogen) atoms. The zero-order valence-electron chi connectivity index (χ0n) is 10.8. The van der Waals surface area contributed by atoms with Gasteiger partial charge in [-0.3, -0.25) is 9.79 Å². The molecule has 0 unspecified atom stereocenters. The smallest absolute Gasteiger partial charge is 0.239 e. The van der Waals surface area contributed by atoms with Gasteiger partial charge < -0.3 is 16.0 Å². The van der Waals surface area contributed by atoms with Crippen LogP contribution in [0.15, 0.2) is 21.8 Å². The molecule has 1 aromatic heterocycles. The van der Waals surface area contributed by atoms with Gasteiger partial charge in [0.1, 0.15) is 0 Å². The van der Waals surface area contributed by atoms with Crippen LogP contribution in [0.2, 0.25) is 0 Å². The van der Waals surface area contributed by atoms with Crippen LogP contribution in [0.1, 0.15) is 18.9 Å². The first-order valence-corrected chi connectivity index (χ1v) is 6.92. The molecule has 0 aromatic carbocycles. The van der Waals surface area contributed by atoms with Crippen molar-refractivity contribution in [2.45, 2.75) is 19.9 Å². The van der Waals surface area contributed by atoms with E-state index in [9.17, 15) is 4.79 Å². The van der Waals surface area contributed by atoms with Gasteiger partial charge in [0.05, 0.1) is 6.54 Å². The van der Waals surface area contributed by atoms with Crippen LogP contribution in [0.4, 0.5) is 0 Å². The van der Waals surface area contributed by atoms with E-state index in [2.05, 4.69) is 32.4 Å². The number of nitrogens with one attached hydrogen (secondary N) is 3. The van der Waals surface area contributed by atoms with Crippen LogP contribution >= 0.6 is 11.3 Å². The van der Waals surface area contributed by atoms with Crippen molar-refractivity contribution >= 4 is 23.2 Å². The molecule has 1 aromatic rings. The lowest BCUT2D eigenvalue weighted by Gasteiger charge is -2.11. The van der Waals surface area contributed by atoms with E-state index in [0.29, 0.717) is 19.0 Å². The van der Waals surface area contributed by atoms with Crippen molar-refractivity contribution < 1.29 is 4.79 Å². The molecule has 1 rings (SSSR count). The van der Waals surface area contributed by atoms with E-state index in [-0.39, 0.29) is 12.5 Å². The molecule has 0 aliphatic rings. The quantitative estimate of drug-likeness (QED) is 0.531. The van der Waals surface area contributed by atoms with Gasteiger partial charge in [-0.05, 0) is 28.8 Å². The van der Waals surface area contributed by atoms with Crippen LogP contribution in [-0.2, 0) is 11.3 Å². The Labute approximate surface area is 112 Å². The molecule has 0 spiro atoms. The van der Waals surface area contributed by atoms with E-state index < -0.39 is 0 Å². The largest absolute Gasteiger partial charge is 0.355 e. The molecule has 0 fully saturated rings. The molecule has 3 N–H and O–H groups in total. The molecule has 1 heterocycles. The second-order valence-electron chi connectivity index (χ2n) is 3.76. The van der Waals surface area contributed by atoms with E-state index in [0.717, 1.165) is 6.42 Å². The molecule has 0 radical (unpaired) electrons. The highest BCUT2D eigenvalue weighted by Gasteiger charge is 2.02. The number of thiophene rings is 1. The average molecular weight is 268 g/mol. The number of guanidine groups is 1. The molecule has 1 amide bonds. The summed E-state index contributed by atoms with van der Waals surface area (Å²) in [5.74, 6) is 0.614. The summed E-state index contributed by atoms with van der Waals surface area (Å²) < 4.78 is 0. The fraction of sp³-hybridized carbons (Fsp3) is 0.500. The van der Waals surface area contributed by atoms with Crippen LogP contribution < -0.4 is 16.0 Å². The lowest BCUT2D eigenvalue weighted by atomic mass is 10.3. The van der Waals surface area contributed by atoms with E-state index in [1.54, 1.807) is 18.4 Å². The number of carbonyl (C=O) groups is 1. The van der Waals surface area contributed by atoms with Crippen LogP contribution in [0.25, 0.3) is 0 Å². The molecular formula is C12H20N4OS. The third-order valence-electron chi connectivity index (χ3n) is 2.25. The Morgan fingerprint density at radius 3 is 2.83 bits per heavy atom. The maximum atomic E-state index is 11.4. The van der Waals surface area contributed by atoms with Crippen molar-refractivity contribution in [2.75, 3.05) is 20.1 Å². The molecule has 5 nitrogen and oxygen atoms in total. The van der Waals surface area contributed by atoms with Gasteiger partial charge in [-0.15, -0.1) is 0 Å². The van der Waals surface area contributed by atoms with Gasteiger partial charge >= 0.3 is 0 Å². The van der Waals surface area contributed by atoms with Gasteiger partial charge in [0.15, 0.2) is 5.96 Å². The molecule has 6 heteroatoms. The minimum absolute atomic E-state index is 0.0182. The second kappa shape index (κ2) is 8.52. The monoisotopic (exact) mass is 268 g/mol. The number of aliphatic imine (C=N–C) groups is 1. The normalized spacial score (nSPS) is 11.1. The predicted molar refractivity (Wildman–Crippen MR) is 75.8 cm³/mol. The van der Waals surface area contributed by atoms with E-state index >= 15 is 0 Å². The third-order valence-corrected chi connectivity index (χ3v) is 2.98. The van der Waals surface area contributed by atoms with Gasteiger partial charge in [0.25, 0.3) is 0 Å². The predicted octanol–water partition coefficient (Wildman–Crippen LogP) is 0.939. The Bertz CT molecular complexity index is 375. The number of nitrogens with zero attached hydrogens (tertiary/aromatic N) is 1. The third kappa shape index (κ3) is 5.67. The Morgan fingerprint density at radius 2 is 2.22 bits per heavy atom. The molecule has 0 aliphatic heterocycles. The molecule has 0 atom stereocenters. The molecular weight excluding hydrogens is 248 g/mol. The van der Waals surface area contributed by atoms with Crippen molar-refractivity contribution in [3.63, 3.8) is 0 Å². The molecule has 0 aliphatic carbocycles. The van der Waals surface area contributed by atoms with Crippen LogP contribution in [0, 0.1) is 0 Å².